The molecular formula is C16H26BrNO2S. The second-order valence-corrected chi connectivity index (χ2v) is 8.00. The Kier molecular flexibility index (Phi) is 9.99. The molecular weight excluding hydrogens is 350 g/mol. The Labute approximate surface area is 141 Å². The van der Waals surface area contributed by atoms with Crippen LogP contribution >= 0.6 is 27.9 Å². The SMILES string of the molecule is C=C/C(=C\C(Br)=C/C)C(CC(=O)OCC)NSC(C)(C)C. The third-order valence-corrected chi connectivity index (χ3v) is 4.10. The normalized spacial score (nSPS) is 14.8. The Morgan fingerprint density at radius 2 is 2.10 bits per heavy atom. The number of carbonyl (C=O) groups excluding carboxylic acids is 1. The first-order valence-corrected chi connectivity index (χ1v) is 8.59. The van der Waals surface area contributed by atoms with E-state index in [0.29, 0.717) is 6.61 Å². The highest BCUT2D eigenvalue weighted by molar-refractivity contribution is 9.11. The Hall–Kier alpha value is -0.520. The number of hydrogen-bond donors (Lipinski definition) is 1. The van der Waals surface area contributed by atoms with Crippen molar-refractivity contribution in [2.45, 2.75) is 51.8 Å². The maximum atomic E-state index is 11.8. The molecule has 0 aliphatic rings. The van der Waals surface area contributed by atoms with Crippen LogP contribution in [0.4, 0.5) is 0 Å². The molecule has 0 bridgehead atoms. The van der Waals surface area contributed by atoms with Gasteiger partial charge < -0.3 is 4.74 Å². The molecule has 5 heteroatoms. The smallest absolute Gasteiger partial charge is 0.307 e. The maximum absolute atomic E-state index is 11.8. The number of nitrogens with one attached hydrogen (secondary N) is 1. The fourth-order valence-corrected chi connectivity index (χ4v) is 2.39. The van der Waals surface area contributed by atoms with Crippen LogP contribution in [0, 0.1) is 0 Å². The number of ether oxygens (including phenoxy) is 1. The van der Waals surface area contributed by atoms with E-state index in [1.54, 1.807) is 18.0 Å². The number of esters is 1. The summed E-state index contributed by atoms with van der Waals surface area (Å²) >= 11 is 5.06. The van der Waals surface area contributed by atoms with Gasteiger partial charge in [0.05, 0.1) is 19.1 Å². The molecule has 0 aliphatic heterocycles. The van der Waals surface area contributed by atoms with Crippen molar-refractivity contribution < 1.29 is 9.53 Å². The summed E-state index contributed by atoms with van der Waals surface area (Å²) in [6, 6.07) is -0.140. The first kappa shape index (κ1) is 20.5. The monoisotopic (exact) mass is 375 g/mol. The zero-order chi connectivity index (χ0) is 16.5. The molecule has 0 heterocycles. The van der Waals surface area contributed by atoms with E-state index in [9.17, 15) is 4.79 Å². The quantitative estimate of drug-likeness (QED) is 0.377. The van der Waals surface area contributed by atoms with Gasteiger partial charge in [0.15, 0.2) is 0 Å². The van der Waals surface area contributed by atoms with E-state index in [1.165, 1.54) is 0 Å². The third-order valence-electron chi connectivity index (χ3n) is 2.40. The molecule has 0 spiro atoms. The lowest BCUT2D eigenvalue weighted by molar-refractivity contribution is -0.143. The van der Waals surface area contributed by atoms with Crippen molar-refractivity contribution in [2.75, 3.05) is 6.61 Å². The first-order valence-electron chi connectivity index (χ1n) is 6.98. The van der Waals surface area contributed by atoms with Crippen molar-refractivity contribution in [1.29, 1.82) is 0 Å². The van der Waals surface area contributed by atoms with Crippen LogP contribution in [0.2, 0.25) is 0 Å². The highest BCUT2D eigenvalue weighted by Gasteiger charge is 2.21. The number of hydrogen-bond acceptors (Lipinski definition) is 4. The highest BCUT2D eigenvalue weighted by Crippen LogP contribution is 2.24. The van der Waals surface area contributed by atoms with Gasteiger partial charge in [-0.2, -0.15) is 0 Å². The topological polar surface area (TPSA) is 38.3 Å². The lowest BCUT2D eigenvalue weighted by Gasteiger charge is -2.24. The van der Waals surface area contributed by atoms with E-state index in [2.05, 4.69) is 48.0 Å². The minimum atomic E-state index is -0.214. The average molecular weight is 376 g/mol. The van der Waals surface area contributed by atoms with Gasteiger partial charge in [-0.1, -0.05) is 46.6 Å². The Morgan fingerprint density at radius 1 is 1.48 bits per heavy atom. The van der Waals surface area contributed by atoms with Crippen molar-refractivity contribution in [2.24, 2.45) is 0 Å². The second kappa shape index (κ2) is 10.2. The largest absolute Gasteiger partial charge is 0.466 e. The van der Waals surface area contributed by atoms with Gasteiger partial charge in [-0.05, 0) is 46.3 Å². The number of rotatable bonds is 8. The molecule has 0 fully saturated rings. The number of allylic oxidation sites excluding steroid dienone is 3. The zero-order valence-electron chi connectivity index (χ0n) is 13.5. The van der Waals surface area contributed by atoms with Crippen LogP contribution in [0.3, 0.4) is 0 Å². The molecule has 120 valence electrons. The summed E-state index contributed by atoms with van der Waals surface area (Å²) in [6.07, 6.45) is 5.96. The molecule has 0 aromatic rings. The van der Waals surface area contributed by atoms with Gasteiger partial charge in [-0.3, -0.25) is 9.52 Å². The molecule has 0 rings (SSSR count). The molecule has 0 amide bonds. The van der Waals surface area contributed by atoms with Gasteiger partial charge in [0, 0.05) is 9.23 Å². The van der Waals surface area contributed by atoms with Crippen LogP contribution < -0.4 is 4.72 Å². The van der Waals surface area contributed by atoms with Gasteiger partial charge in [0.1, 0.15) is 0 Å². The maximum Gasteiger partial charge on any atom is 0.307 e. The highest BCUT2D eigenvalue weighted by atomic mass is 79.9. The number of carbonyl (C=O) groups is 1. The summed E-state index contributed by atoms with van der Waals surface area (Å²) in [6.45, 7) is 14.3. The van der Waals surface area contributed by atoms with E-state index >= 15 is 0 Å². The third kappa shape index (κ3) is 9.93. The average Bonchev–Trinajstić information content (AvgIpc) is 2.40. The fourth-order valence-electron chi connectivity index (χ4n) is 1.41. The summed E-state index contributed by atoms with van der Waals surface area (Å²) < 4.78 is 9.42. The summed E-state index contributed by atoms with van der Waals surface area (Å²) in [5.74, 6) is -0.214. The molecule has 0 aromatic heterocycles. The molecule has 0 aromatic carbocycles. The van der Waals surface area contributed by atoms with Crippen LogP contribution in [0.25, 0.3) is 0 Å². The minimum Gasteiger partial charge on any atom is -0.466 e. The lowest BCUT2D eigenvalue weighted by Crippen LogP contribution is -2.32. The standard InChI is InChI=1S/C16H26BrNO2S/c1-7-12(10-13(17)8-2)14(11-15(19)20-9-3)18-21-16(4,5)6/h7-8,10,14,18H,1,9,11H2,2-6H3/b12-10+,13-8+. The zero-order valence-corrected chi connectivity index (χ0v) is 15.9. The molecule has 0 saturated carbocycles. The van der Waals surface area contributed by atoms with Crippen molar-refractivity contribution in [1.82, 2.24) is 4.72 Å². The van der Waals surface area contributed by atoms with Gasteiger partial charge in [0.25, 0.3) is 0 Å². The fraction of sp³-hybridized carbons (Fsp3) is 0.562. The van der Waals surface area contributed by atoms with E-state index in [1.807, 2.05) is 26.0 Å². The van der Waals surface area contributed by atoms with E-state index in [0.717, 1.165) is 10.1 Å². The van der Waals surface area contributed by atoms with Crippen LogP contribution in [-0.4, -0.2) is 23.4 Å². The molecule has 0 radical (unpaired) electrons. The van der Waals surface area contributed by atoms with E-state index in [-0.39, 0.29) is 23.2 Å². The Balaban J connectivity index is 5.12. The van der Waals surface area contributed by atoms with Crippen LogP contribution in [0.1, 0.15) is 41.0 Å². The van der Waals surface area contributed by atoms with Crippen molar-refractivity contribution >= 4 is 33.8 Å². The summed E-state index contributed by atoms with van der Waals surface area (Å²) in [5, 5.41) is 0. The predicted octanol–water partition coefficient (Wildman–Crippen LogP) is 4.76. The lowest BCUT2D eigenvalue weighted by atomic mass is 10.0. The Bertz CT molecular complexity index is 411. The molecule has 1 unspecified atom stereocenters. The second-order valence-electron chi connectivity index (χ2n) is 5.42. The summed E-state index contributed by atoms with van der Waals surface area (Å²) in [7, 11) is 0. The molecule has 0 aliphatic carbocycles. The summed E-state index contributed by atoms with van der Waals surface area (Å²) in [4.78, 5) is 11.8. The van der Waals surface area contributed by atoms with Crippen molar-refractivity contribution in [3.63, 3.8) is 0 Å². The van der Waals surface area contributed by atoms with Gasteiger partial charge in [-0.15, -0.1) is 0 Å². The molecule has 0 saturated heterocycles. The number of halogens is 1. The van der Waals surface area contributed by atoms with Crippen molar-refractivity contribution in [3.05, 3.63) is 34.9 Å². The van der Waals surface area contributed by atoms with Crippen LogP contribution in [-0.2, 0) is 9.53 Å². The van der Waals surface area contributed by atoms with Crippen molar-refractivity contribution in [3.8, 4) is 0 Å². The van der Waals surface area contributed by atoms with Crippen LogP contribution in [0.5, 0.6) is 0 Å². The Morgan fingerprint density at radius 3 is 2.52 bits per heavy atom. The van der Waals surface area contributed by atoms with E-state index < -0.39 is 0 Å². The predicted molar refractivity (Wildman–Crippen MR) is 96.5 cm³/mol. The van der Waals surface area contributed by atoms with Crippen LogP contribution in [0.15, 0.2) is 34.9 Å². The van der Waals surface area contributed by atoms with E-state index in [4.69, 9.17) is 4.74 Å². The molecule has 1 N–H and O–H groups in total. The first-order chi connectivity index (χ1) is 9.73. The van der Waals surface area contributed by atoms with Gasteiger partial charge in [0.2, 0.25) is 0 Å². The molecule has 21 heavy (non-hydrogen) atoms. The van der Waals surface area contributed by atoms with Gasteiger partial charge >= 0.3 is 5.97 Å². The minimum absolute atomic E-state index is 0.0526. The molecule has 1 atom stereocenters. The molecule has 3 nitrogen and oxygen atoms in total. The summed E-state index contributed by atoms with van der Waals surface area (Å²) in [5.41, 5.74) is 0.949. The van der Waals surface area contributed by atoms with Gasteiger partial charge in [-0.25, -0.2) is 0 Å².